The minimum atomic E-state index is -0.851. The van der Waals surface area contributed by atoms with Crippen LogP contribution in [0.5, 0.6) is 11.6 Å². The van der Waals surface area contributed by atoms with Crippen molar-refractivity contribution in [2.24, 2.45) is 0 Å². The van der Waals surface area contributed by atoms with Gasteiger partial charge in [-0.3, -0.25) is 10.1 Å². The zero-order valence-corrected chi connectivity index (χ0v) is 11.1. The quantitative estimate of drug-likeness (QED) is 0.490. The summed E-state index contributed by atoms with van der Waals surface area (Å²) < 4.78 is 19.0. The van der Waals surface area contributed by atoms with E-state index in [-0.39, 0.29) is 11.0 Å². The Morgan fingerprint density at radius 1 is 1.45 bits per heavy atom. The van der Waals surface area contributed by atoms with E-state index in [0.717, 1.165) is 18.5 Å². The number of nitro groups is 1. The van der Waals surface area contributed by atoms with Crippen LogP contribution >= 0.6 is 11.6 Å². The molecule has 0 saturated heterocycles. The molecule has 0 radical (unpaired) electrons. The van der Waals surface area contributed by atoms with Gasteiger partial charge < -0.3 is 4.74 Å². The van der Waals surface area contributed by atoms with Gasteiger partial charge in [0, 0.05) is 6.07 Å². The number of aromatic nitrogens is 2. The fourth-order valence-corrected chi connectivity index (χ4v) is 1.86. The molecule has 0 aliphatic rings. The average Bonchev–Trinajstić information content (AvgIpc) is 2.41. The molecule has 0 atom stereocenters. The lowest BCUT2D eigenvalue weighted by molar-refractivity contribution is -0.385. The molecular weight excluding hydrogens is 289 g/mol. The molecule has 0 spiro atoms. The largest absolute Gasteiger partial charge is 0.428 e. The highest BCUT2D eigenvalue weighted by molar-refractivity contribution is 6.30. The van der Waals surface area contributed by atoms with Crippen molar-refractivity contribution < 1.29 is 14.1 Å². The Morgan fingerprint density at radius 2 is 2.20 bits per heavy atom. The van der Waals surface area contributed by atoms with Crippen molar-refractivity contribution in [2.45, 2.75) is 13.3 Å². The number of para-hydroxylation sites is 1. The zero-order chi connectivity index (χ0) is 14.7. The standard InChI is InChI=1S/C12H9ClFN3O3/c1-2-7-11(13)15-6-16-12(7)20-10-8(14)4-3-5-9(10)17(18)19/h3-6H,2H2,1H3. The second kappa shape index (κ2) is 5.79. The highest BCUT2D eigenvalue weighted by Crippen LogP contribution is 2.35. The molecule has 0 aliphatic heterocycles. The highest BCUT2D eigenvalue weighted by atomic mass is 35.5. The molecule has 1 aromatic carbocycles. The van der Waals surface area contributed by atoms with Crippen molar-refractivity contribution in [1.82, 2.24) is 9.97 Å². The first kappa shape index (κ1) is 14.1. The smallest absolute Gasteiger partial charge is 0.314 e. The van der Waals surface area contributed by atoms with Gasteiger partial charge in [0.15, 0.2) is 5.82 Å². The molecule has 0 amide bonds. The summed E-state index contributed by atoms with van der Waals surface area (Å²) in [6.45, 7) is 1.78. The van der Waals surface area contributed by atoms with Crippen molar-refractivity contribution in [1.29, 1.82) is 0 Å². The molecule has 6 nitrogen and oxygen atoms in total. The van der Waals surface area contributed by atoms with Crippen LogP contribution in [-0.4, -0.2) is 14.9 Å². The third kappa shape index (κ3) is 2.67. The highest BCUT2D eigenvalue weighted by Gasteiger charge is 2.22. The summed E-state index contributed by atoms with van der Waals surface area (Å²) in [6.07, 6.45) is 1.58. The van der Waals surface area contributed by atoms with Gasteiger partial charge in [0.05, 0.1) is 10.5 Å². The van der Waals surface area contributed by atoms with Crippen molar-refractivity contribution in [2.75, 3.05) is 0 Å². The third-order valence-electron chi connectivity index (χ3n) is 2.55. The Labute approximate surface area is 118 Å². The lowest BCUT2D eigenvalue weighted by Gasteiger charge is -2.10. The van der Waals surface area contributed by atoms with E-state index in [1.165, 1.54) is 6.07 Å². The normalized spacial score (nSPS) is 10.3. The number of hydrogen-bond donors (Lipinski definition) is 0. The predicted molar refractivity (Wildman–Crippen MR) is 69.5 cm³/mol. The number of hydrogen-bond acceptors (Lipinski definition) is 5. The Morgan fingerprint density at radius 3 is 2.85 bits per heavy atom. The maximum atomic E-state index is 13.7. The summed E-state index contributed by atoms with van der Waals surface area (Å²) in [5.41, 5.74) is -0.0338. The summed E-state index contributed by atoms with van der Waals surface area (Å²) >= 11 is 5.88. The molecular formula is C12H9ClFN3O3. The lowest BCUT2D eigenvalue weighted by atomic mass is 10.2. The monoisotopic (exact) mass is 297 g/mol. The molecule has 0 aliphatic carbocycles. The number of benzene rings is 1. The first-order chi connectivity index (χ1) is 9.54. The van der Waals surface area contributed by atoms with Crippen LogP contribution in [0.3, 0.4) is 0 Å². The van der Waals surface area contributed by atoms with Gasteiger partial charge >= 0.3 is 5.69 Å². The van der Waals surface area contributed by atoms with Gasteiger partial charge in [0.1, 0.15) is 11.5 Å². The van der Waals surface area contributed by atoms with Crippen molar-refractivity contribution in [3.05, 3.63) is 51.2 Å². The summed E-state index contributed by atoms with van der Waals surface area (Å²) in [4.78, 5) is 17.8. The fourth-order valence-electron chi connectivity index (χ4n) is 1.60. The van der Waals surface area contributed by atoms with Crippen LogP contribution in [-0.2, 0) is 6.42 Å². The fraction of sp³-hybridized carbons (Fsp3) is 0.167. The molecule has 104 valence electrons. The van der Waals surface area contributed by atoms with E-state index in [1.807, 2.05) is 0 Å². The van der Waals surface area contributed by atoms with Crippen LogP contribution in [0.2, 0.25) is 5.15 Å². The van der Waals surface area contributed by atoms with Crippen LogP contribution < -0.4 is 4.74 Å². The van der Waals surface area contributed by atoms with Crippen molar-refractivity contribution in [3.63, 3.8) is 0 Å². The van der Waals surface area contributed by atoms with Crippen LogP contribution in [0, 0.1) is 15.9 Å². The summed E-state index contributed by atoms with van der Waals surface area (Å²) in [5, 5.41) is 11.0. The molecule has 2 aromatic rings. The molecule has 8 heteroatoms. The first-order valence-electron chi connectivity index (χ1n) is 5.64. The molecule has 0 unspecified atom stereocenters. The van der Waals surface area contributed by atoms with Gasteiger partial charge in [-0.15, -0.1) is 0 Å². The Balaban J connectivity index is 2.50. The zero-order valence-electron chi connectivity index (χ0n) is 10.3. The topological polar surface area (TPSA) is 78.2 Å². The third-order valence-corrected chi connectivity index (χ3v) is 2.87. The Bertz CT molecular complexity index is 666. The minimum Gasteiger partial charge on any atom is -0.428 e. The second-order valence-corrected chi connectivity index (χ2v) is 4.11. The van der Waals surface area contributed by atoms with E-state index in [4.69, 9.17) is 16.3 Å². The summed E-state index contributed by atoms with van der Waals surface area (Å²) in [6, 6.07) is 3.44. The number of ether oxygens (including phenoxy) is 1. The number of nitro benzene ring substituents is 1. The van der Waals surface area contributed by atoms with Crippen LogP contribution in [0.1, 0.15) is 12.5 Å². The van der Waals surface area contributed by atoms with Crippen molar-refractivity contribution >= 4 is 17.3 Å². The molecule has 20 heavy (non-hydrogen) atoms. The van der Waals surface area contributed by atoms with Gasteiger partial charge in [0.25, 0.3) is 0 Å². The van der Waals surface area contributed by atoms with E-state index in [0.29, 0.717) is 12.0 Å². The van der Waals surface area contributed by atoms with E-state index in [9.17, 15) is 14.5 Å². The van der Waals surface area contributed by atoms with E-state index < -0.39 is 22.2 Å². The van der Waals surface area contributed by atoms with Gasteiger partial charge in [-0.05, 0) is 12.5 Å². The Hall–Kier alpha value is -2.28. The van der Waals surface area contributed by atoms with Gasteiger partial charge in [-0.2, -0.15) is 0 Å². The molecule has 0 fully saturated rings. The van der Waals surface area contributed by atoms with Crippen LogP contribution in [0.25, 0.3) is 0 Å². The summed E-state index contributed by atoms with van der Waals surface area (Å²) in [7, 11) is 0. The van der Waals surface area contributed by atoms with Crippen LogP contribution in [0.4, 0.5) is 10.1 Å². The van der Waals surface area contributed by atoms with E-state index >= 15 is 0 Å². The predicted octanol–water partition coefficient (Wildman–Crippen LogP) is 3.53. The van der Waals surface area contributed by atoms with E-state index in [2.05, 4.69) is 9.97 Å². The molecule has 1 aromatic heterocycles. The molecule has 1 heterocycles. The Kier molecular flexibility index (Phi) is 4.09. The van der Waals surface area contributed by atoms with Crippen LogP contribution in [0.15, 0.2) is 24.5 Å². The molecule has 0 N–H and O–H groups in total. The first-order valence-corrected chi connectivity index (χ1v) is 6.02. The molecule has 0 bridgehead atoms. The second-order valence-electron chi connectivity index (χ2n) is 3.75. The number of rotatable bonds is 4. The van der Waals surface area contributed by atoms with Gasteiger partial charge in [-0.1, -0.05) is 24.6 Å². The average molecular weight is 298 g/mol. The number of halogens is 2. The molecule has 0 saturated carbocycles. The summed E-state index contributed by atoms with van der Waals surface area (Å²) in [5.74, 6) is -1.35. The van der Waals surface area contributed by atoms with E-state index in [1.54, 1.807) is 6.92 Å². The number of nitrogens with zero attached hydrogens (tertiary/aromatic N) is 3. The van der Waals surface area contributed by atoms with Gasteiger partial charge in [-0.25, -0.2) is 14.4 Å². The maximum Gasteiger partial charge on any atom is 0.314 e. The maximum absolute atomic E-state index is 13.7. The minimum absolute atomic E-state index is 0.000648. The SMILES string of the molecule is CCc1c(Cl)ncnc1Oc1c(F)cccc1[N+](=O)[O-]. The lowest BCUT2D eigenvalue weighted by Crippen LogP contribution is -2.01. The van der Waals surface area contributed by atoms with Crippen molar-refractivity contribution in [3.8, 4) is 11.6 Å². The van der Waals surface area contributed by atoms with Gasteiger partial charge in [0.2, 0.25) is 11.6 Å². The molecule has 2 rings (SSSR count).